The van der Waals surface area contributed by atoms with Crippen molar-refractivity contribution in [3.63, 3.8) is 0 Å². The Morgan fingerprint density at radius 2 is 1.62 bits per heavy atom. The number of rotatable bonds is 5. The fourth-order valence-electron chi connectivity index (χ4n) is 3.19. The molecule has 2 aromatic rings. The highest BCUT2D eigenvalue weighted by Gasteiger charge is 2.56. The second kappa shape index (κ2) is 6.94. The minimum absolute atomic E-state index is 0.206. The molecule has 3 rings (SSSR count). The van der Waals surface area contributed by atoms with Crippen LogP contribution in [0.4, 0.5) is 11.4 Å². The van der Waals surface area contributed by atoms with Gasteiger partial charge >= 0.3 is 0 Å². The van der Waals surface area contributed by atoms with Gasteiger partial charge in [0, 0.05) is 11.4 Å². The summed E-state index contributed by atoms with van der Waals surface area (Å²) in [6, 6.07) is 11.8. The third-order valence-corrected chi connectivity index (χ3v) is 5.36. The molecule has 0 unspecified atom stereocenters. The molecule has 2 aromatic carbocycles. The molecule has 0 saturated heterocycles. The zero-order valence-corrected chi connectivity index (χ0v) is 15.9. The van der Waals surface area contributed by atoms with Crippen molar-refractivity contribution < 1.29 is 9.59 Å². The third-order valence-electron chi connectivity index (χ3n) is 5.36. The number of anilines is 2. The van der Waals surface area contributed by atoms with Crippen molar-refractivity contribution in [3.8, 4) is 0 Å². The van der Waals surface area contributed by atoms with E-state index >= 15 is 0 Å². The summed E-state index contributed by atoms with van der Waals surface area (Å²) in [4.78, 5) is 25.7. The summed E-state index contributed by atoms with van der Waals surface area (Å²) in [5.74, 6) is -0.423. The molecule has 0 bridgehead atoms. The van der Waals surface area contributed by atoms with Crippen molar-refractivity contribution >= 4 is 23.2 Å². The summed E-state index contributed by atoms with van der Waals surface area (Å²) >= 11 is 0. The minimum atomic E-state index is -0.952. The molecule has 2 amide bonds. The van der Waals surface area contributed by atoms with E-state index in [0.29, 0.717) is 12.8 Å². The van der Waals surface area contributed by atoms with Crippen LogP contribution in [0.15, 0.2) is 36.4 Å². The lowest BCUT2D eigenvalue weighted by Gasteiger charge is -2.18. The third kappa shape index (κ3) is 3.36. The normalized spacial score (nSPS) is 14.6. The van der Waals surface area contributed by atoms with E-state index in [2.05, 4.69) is 17.6 Å². The first-order chi connectivity index (χ1) is 12.4. The monoisotopic (exact) mass is 350 g/mol. The minimum Gasteiger partial charge on any atom is -0.325 e. The Balaban J connectivity index is 1.77. The van der Waals surface area contributed by atoms with Crippen LogP contribution in [0, 0.1) is 26.2 Å². The van der Waals surface area contributed by atoms with Crippen LogP contribution in [0.25, 0.3) is 0 Å². The molecule has 0 aromatic heterocycles. The van der Waals surface area contributed by atoms with E-state index < -0.39 is 5.41 Å². The van der Waals surface area contributed by atoms with Gasteiger partial charge in [-0.15, -0.1) is 0 Å². The van der Waals surface area contributed by atoms with Crippen LogP contribution >= 0.6 is 0 Å². The standard InChI is InChI=1S/C22H26N2O2/c1-5-17-8-6-7-15(3)19(17)24-21(26)22(11-12-22)20(25)23-18-10-9-14(2)16(4)13-18/h6-10,13H,5,11-12H2,1-4H3,(H,23,25)(H,24,26). The van der Waals surface area contributed by atoms with Crippen LogP contribution in [0.2, 0.25) is 0 Å². The Morgan fingerprint density at radius 1 is 0.923 bits per heavy atom. The summed E-state index contributed by atoms with van der Waals surface area (Å²) in [5, 5.41) is 5.94. The number of hydrogen-bond acceptors (Lipinski definition) is 2. The zero-order valence-electron chi connectivity index (χ0n) is 15.9. The van der Waals surface area contributed by atoms with Crippen molar-refractivity contribution in [2.75, 3.05) is 10.6 Å². The SMILES string of the molecule is CCc1cccc(C)c1NC(=O)C1(C(=O)Nc2ccc(C)c(C)c2)CC1. The maximum atomic E-state index is 12.9. The van der Waals surface area contributed by atoms with Gasteiger partial charge in [-0.25, -0.2) is 0 Å². The van der Waals surface area contributed by atoms with Gasteiger partial charge in [0.25, 0.3) is 0 Å². The van der Waals surface area contributed by atoms with Gasteiger partial charge in [0.15, 0.2) is 0 Å². The van der Waals surface area contributed by atoms with E-state index in [1.807, 2.05) is 57.2 Å². The summed E-state index contributed by atoms with van der Waals surface area (Å²) < 4.78 is 0. The van der Waals surface area contributed by atoms with E-state index in [1.165, 1.54) is 5.56 Å². The molecule has 26 heavy (non-hydrogen) atoms. The maximum absolute atomic E-state index is 12.9. The van der Waals surface area contributed by atoms with Gasteiger partial charge in [-0.05, 0) is 74.4 Å². The van der Waals surface area contributed by atoms with Crippen LogP contribution < -0.4 is 10.6 Å². The highest BCUT2D eigenvalue weighted by Crippen LogP contribution is 2.47. The van der Waals surface area contributed by atoms with Crippen molar-refractivity contribution in [2.45, 2.75) is 47.0 Å². The molecule has 0 spiro atoms. The average Bonchev–Trinajstić information content (AvgIpc) is 3.42. The summed E-state index contributed by atoms with van der Waals surface area (Å²) in [6.07, 6.45) is 2.00. The summed E-state index contributed by atoms with van der Waals surface area (Å²) in [6.45, 7) is 8.08. The number of carbonyl (C=O) groups is 2. The highest BCUT2D eigenvalue weighted by atomic mass is 16.2. The molecule has 4 nitrogen and oxygen atoms in total. The van der Waals surface area contributed by atoms with Crippen LogP contribution in [0.1, 0.15) is 42.0 Å². The number of hydrogen-bond donors (Lipinski definition) is 2. The highest BCUT2D eigenvalue weighted by molar-refractivity contribution is 6.17. The second-order valence-electron chi connectivity index (χ2n) is 7.25. The number of benzene rings is 2. The smallest absolute Gasteiger partial charge is 0.240 e. The Bertz CT molecular complexity index is 866. The molecule has 1 saturated carbocycles. The molecule has 136 valence electrons. The first-order valence-electron chi connectivity index (χ1n) is 9.16. The van der Waals surface area contributed by atoms with Gasteiger partial charge in [0.1, 0.15) is 5.41 Å². The van der Waals surface area contributed by atoms with E-state index in [4.69, 9.17) is 0 Å². The molecule has 0 heterocycles. The fourth-order valence-corrected chi connectivity index (χ4v) is 3.19. The lowest BCUT2D eigenvalue weighted by atomic mass is 10.0. The Kier molecular flexibility index (Phi) is 4.86. The molecule has 2 N–H and O–H groups in total. The van der Waals surface area contributed by atoms with Gasteiger partial charge in [-0.3, -0.25) is 9.59 Å². The predicted molar refractivity (Wildman–Crippen MR) is 105 cm³/mol. The van der Waals surface area contributed by atoms with Gasteiger partial charge < -0.3 is 10.6 Å². The largest absolute Gasteiger partial charge is 0.325 e. The van der Waals surface area contributed by atoms with Gasteiger partial charge in [-0.1, -0.05) is 31.2 Å². The van der Waals surface area contributed by atoms with Crippen molar-refractivity contribution in [2.24, 2.45) is 5.41 Å². The van der Waals surface area contributed by atoms with E-state index in [9.17, 15) is 9.59 Å². The number of carbonyl (C=O) groups excluding carboxylic acids is 2. The van der Waals surface area contributed by atoms with Crippen molar-refractivity contribution in [1.82, 2.24) is 0 Å². The Labute approximate surface area is 155 Å². The lowest BCUT2D eigenvalue weighted by Crippen LogP contribution is -2.36. The molecule has 0 atom stereocenters. The van der Waals surface area contributed by atoms with Crippen molar-refractivity contribution in [3.05, 3.63) is 58.7 Å². The van der Waals surface area contributed by atoms with E-state index in [1.54, 1.807) is 0 Å². The quantitative estimate of drug-likeness (QED) is 0.778. The molecule has 1 aliphatic carbocycles. The molecule has 1 aliphatic rings. The Morgan fingerprint density at radius 3 is 2.23 bits per heavy atom. The van der Waals surface area contributed by atoms with Gasteiger partial charge in [0.05, 0.1) is 0 Å². The van der Waals surface area contributed by atoms with Gasteiger partial charge in [-0.2, -0.15) is 0 Å². The maximum Gasteiger partial charge on any atom is 0.240 e. The number of amides is 2. The number of para-hydroxylation sites is 1. The Hall–Kier alpha value is -2.62. The molecular formula is C22H26N2O2. The summed E-state index contributed by atoms with van der Waals surface area (Å²) in [7, 11) is 0. The lowest BCUT2D eigenvalue weighted by molar-refractivity contribution is -0.131. The zero-order chi connectivity index (χ0) is 18.9. The molecule has 0 aliphatic heterocycles. The van der Waals surface area contributed by atoms with Crippen LogP contribution in [-0.2, 0) is 16.0 Å². The first-order valence-corrected chi connectivity index (χ1v) is 9.16. The number of aryl methyl sites for hydroxylation is 4. The van der Waals surface area contributed by atoms with Crippen LogP contribution in [0.3, 0.4) is 0 Å². The summed E-state index contributed by atoms with van der Waals surface area (Å²) in [5.41, 5.74) is 5.02. The van der Waals surface area contributed by atoms with E-state index in [0.717, 1.165) is 34.5 Å². The molecule has 1 fully saturated rings. The first kappa shape index (κ1) is 18.2. The second-order valence-corrected chi connectivity index (χ2v) is 7.25. The average molecular weight is 350 g/mol. The van der Waals surface area contributed by atoms with Crippen LogP contribution in [0.5, 0.6) is 0 Å². The number of nitrogens with one attached hydrogen (secondary N) is 2. The molecule has 0 radical (unpaired) electrons. The van der Waals surface area contributed by atoms with E-state index in [-0.39, 0.29) is 11.8 Å². The van der Waals surface area contributed by atoms with Crippen LogP contribution in [-0.4, -0.2) is 11.8 Å². The molecular weight excluding hydrogens is 324 g/mol. The van der Waals surface area contributed by atoms with Crippen molar-refractivity contribution in [1.29, 1.82) is 0 Å². The fraction of sp³-hybridized carbons (Fsp3) is 0.364. The topological polar surface area (TPSA) is 58.2 Å². The van der Waals surface area contributed by atoms with Gasteiger partial charge in [0.2, 0.25) is 11.8 Å². The molecule has 4 heteroatoms. The predicted octanol–water partition coefficient (Wildman–Crippen LogP) is 4.53.